The normalized spacial score (nSPS) is 20.1. The molecule has 134 valence electrons. The molecule has 2 N–H and O–H groups in total. The first-order chi connectivity index (χ1) is 11.6. The van der Waals surface area contributed by atoms with Crippen molar-refractivity contribution >= 4 is 18.2 Å². The third-order valence-electron chi connectivity index (χ3n) is 4.60. The Bertz CT molecular complexity index is 693. The van der Waals surface area contributed by atoms with Crippen molar-refractivity contribution in [3.05, 3.63) is 65.7 Å². The molecule has 0 bridgehead atoms. The highest BCUT2D eigenvalue weighted by atomic mass is 35.5. The van der Waals surface area contributed by atoms with E-state index in [0.717, 1.165) is 19.6 Å². The lowest BCUT2D eigenvalue weighted by atomic mass is 9.95. The van der Waals surface area contributed by atoms with Crippen molar-refractivity contribution in [2.24, 2.45) is 5.73 Å². The molecule has 0 spiro atoms. The molecule has 0 aliphatic carbocycles. The molecule has 0 saturated carbocycles. The first-order valence-corrected chi connectivity index (χ1v) is 8.41. The number of hydrogen-bond acceptors (Lipinski definition) is 4. The number of benzene rings is 2. The first-order valence-electron chi connectivity index (χ1n) is 8.41. The van der Waals surface area contributed by atoms with Gasteiger partial charge in [-0.15, -0.1) is 12.4 Å². The van der Waals surface area contributed by atoms with Gasteiger partial charge < -0.3 is 10.5 Å². The van der Waals surface area contributed by atoms with Gasteiger partial charge in [0.1, 0.15) is 12.4 Å². The Labute approximate surface area is 155 Å². The zero-order valence-electron chi connectivity index (χ0n) is 14.4. The Morgan fingerprint density at radius 2 is 1.80 bits per heavy atom. The third kappa shape index (κ3) is 4.82. The van der Waals surface area contributed by atoms with E-state index in [1.807, 2.05) is 24.3 Å². The van der Waals surface area contributed by atoms with Gasteiger partial charge in [0.05, 0.1) is 5.56 Å². The molecular weight excluding hydrogens is 336 g/mol. The molecule has 4 nitrogen and oxygen atoms in total. The number of halogens is 1. The minimum atomic E-state index is 0. The van der Waals surface area contributed by atoms with Crippen LogP contribution in [0.4, 0.5) is 0 Å². The standard InChI is InChI=1S/C20H24N2O2.ClH/c1-15(23)17-9-5-6-10-20(17)24-12-11-22-13-18(19(21)14-22)16-7-3-2-4-8-16;/h2-10,18-19H,11-14,21H2,1H3;1H/t18-,19+;/m0./s1. The lowest BCUT2D eigenvalue weighted by Crippen LogP contribution is -2.30. The second kappa shape index (κ2) is 8.99. The molecule has 2 aromatic rings. The average Bonchev–Trinajstić information content (AvgIpc) is 2.97. The van der Waals surface area contributed by atoms with Gasteiger partial charge in [-0.1, -0.05) is 42.5 Å². The molecule has 1 aliphatic rings. The quantitative estimate of drug-likeness (QED) is 0.804. The van der Waals surface area contributed by atoms with Gasteiger partial charge in [0.25, 0.3) is 0 Å². The van der Waals surface area contributed by atoms with Crippen LogP contribution in [-0.2, 0) is 0 Å². The Hall–Kier alpha value is -1.88. The third-order valence-corrected chi connectivity index (χ3v) is 4.60. The predicted octanol–water partition coefficient (Wildman–Crippen LogP) is 3.12. The van der Waals surface area contributed by atoms with Crippen molar-refractivity contribution in [3.63, 3.8) is 0 Å². The number of ether oxygens (including phenoxy) is 1. The lowest BCUT2D eigenvalue weighted by molar-refractivity contribution is 0.101. The molecule has 1 saturated heterocycles. The van der Waals surface area contributed by atoms with Crippen LogP contribution in [0.15, 0.2) is 54.6 Å². The van der Waals surface area contributed by atoms with E-state index in [0.29, 0.717) is 23.8 Å². The van der Waals surface area contributed by atoms with Gasteiger partial charge in [-0.25, -0.2) is 0 Å². The molecule has 0 radical (unpaired) electrons. The Morgan fingerprint density at radius 1 is 1.12 bits per heavy atom. The summed E-state index contributed by atoms with van der Waals surface area (Å²) in [6.45, 7) is 4.74. The number of nitrogens with two attached hydrogens (primary N) is 1. The number of para-hydroxylation sites is 1. The zero-order chi connectivity index (χ0) is 16.9. The number of carbonyl (C=O) groups excluding carboxylic acids is 1. The zero-order valence-corrected chi connectivity index (χ0v) is 15.2. The minimum absolute atomic E-state index is 0. The van der Waals surface area contributed by atoms with Crippen LogP contribution >= 0.6 is 12.4 Å². The van der Waals surface area contributed by atoms with Crippen molar-refractivity contribution in [1.29, 1.82) is 0 Å². The van der Waals surface area contributed by atoms with Crippen molar-refractivity contribution in [3.8, 4) is 5.75 Å². The fourth-order valence-electron chi connectivity index (χ4n) is 3.32. The van der Waals surface area contributed by atoms with Crippen molar-refractivity contribution in [2.75, 3.05) is 26.2 Å². The summed E-state index contributed by atoms with van der Waals surface area (Å²) in [4.78, 5) is 14.0. The summed E-state index contributed by atoms with van der Waals surface area (Å²) in [5.74, 6) is 1.06. The highest BCUT2D eigenvalue weighted by Crippen LogP contribution is 2.26. The van der Waals surface area contributed by atoms with Crippen LogP contribution in [0.25, 0.3) is 0 Å². The molecule has 0 unspecified atom stereocenters. The fraction of sp³-hybridized carbons (Fsp3) is 0.350. The molecule has 0 aromatic heterocycles. The molecule has 2 aromatic carbocycles. The molecule has 3 rings (SSSR count). The summed E-state index contributed by atoms with van der Waals surface area (Å²) in [7, 11) is 0. The number of rotatable bonds is 6. The summed E-state index contributed by atoms with van der Waals surface area (Å²) in [6.07, 6.45) is 0. The molecule has 1 fully saturated rings. The Morgan fingerprint density at radius 3 is 2.52 bits per heavy atom. The van der Waals surface area contributed by atoms with Crippen LogP contribution in [0.1, 0.15) is 28.8 Å². The second-order valence-electron chi connectivity index (χ2n) is 6.34. The molecule has 25 heavy (non-hydrogen) atoms. The van der Waals surface area contributed by atoms with Gasteiger partial charge in [0.2, 0.25) is 0 Å². The smallest absolute Gasteiger partial charge is 0.163 e. The first kappa shape index (κ1) is 19.4. The molecule has 1 heterocycles. The highest BCUT2D eigenvalue weighted by Gasteiger charge is 2.30. The monoisotopic (exact) mass is 360 g/mol. The fourth-order valence-corrected chi connectivity index (χ4v) is 3.32. The molecular formula is C20H25ClN2O2. The number of Topliss-reactive ketones (excluding diaryl/α,β-unsaturated/α-hetero) is 1. The van der Waals surface area contributed by atoms with Gasteiger partial charge >= 0.3 is 0 Å². The van der Waals surface area contributed by atoms with Gasteiger partial charge in [0.15, 0.2) is 5.78 Å². The van der Waals surface area contributed by atoms with Crippen LogP contribution in [-0.4, -0.2) is 43.0 Å². The van der Waals surface area contributed by atoms with Gasteiger partial charge in [-0.2, -0.15) is 0 Å². The summed E-state index contributed by atoms with van der Waals surface area (Å²) < 4.78 is 5.83. The topological polar surface area (TPSA) is 55.6 Å². The average molecular weight is 361 g/mol. The SMILES string of the molecule is CC(=O)c1ccccc1OCCN1C[C@@H](N)[C@H](c2ccccc2)C1.Cl. The second-order valence-corrected chi connectivity index (χ2v) is 6.34. The Balaban J connectivity index is 0.00000225. The van der Waals surface area contributed by atoms with Gasteiger partial charge in [0, 0.05) is 31.6 Å². The van der Waals surface area contributed by atoms with E-state index in [1.165, 1.54) is 5.56 Å². The van der Waals surface area contributed by atoms with Gasteiger partial charge in [-0.05, 0) is 24.6 Å². The van der Waals surface area contributed by atoms with Crippen LogP contribution in [0, 0.1) is 0 Å². The summed E-state index contributed by atoms with van der Waals surface area (Å²) >= 11 is 0. The van der Waals surface area contributed by atoms with Crippen molar-refractivity contribution in [2.45, 2.75) is 18.9 Å². The van der Waals surface area contributed by atoms with Crippen LogP contribution in [0.3, 0.4) is 0 Å². The number of likely N-dealkylation sites (tertiary alicyclic amines) is 1. The maximum atomic E-state index is 11.6. The van der Waals surface area contributed by atoms with Crippen LogP contribution in [0.5, 0.6) is 5.75 Å². The maximum Gasteiger partial charge on any atom is 0.163 e. The number of nitrogens with zero attached hydrogens (tertiary/aromatic N) is 1. The van der Waals surface area contributed by atoms with E-state index in [9.17, 15) is 4.79 Å². The largest absolute Gasteiger partial charge is 0.491 e. The van der Waals surface area contributed by atoms with E-state index in [4.69, 9.17) is 10.5 Å². The maximum absolute atomic E-state index is 11.6. The van der Waals surface area contributed by atoms with Crippen molar-refractivity contribution in [1.82, 2.24) is 4.90 Å². The summed E-state index contributed by atoms with van der Waals surface area (Å²) in [5.41, 5.74) is 8.26. The molecule has 0 amide bonds. The predicted molar refractivity (Wildman–Crippen MR) is 103 cm³/mol. The summed E-state index contributed by atoms with van der Waals surface area (Å²) in [6, 6.07) is 18.0. The van der Waals surface area contributed by atoms with Crippen molar-refractivity contribution < 1.29 is 9.53 Å². The van der Waals surface area contributed by atoms with E-state index in [1.54, 1.807) is 13.0 Å². The molecule has 1 aliphatic heterocycles. The van der Waals surface area contributed by atoms with E-state index < -0.39 is 0 Å². The van der Waals surface area contributed by atoms with Crippen LogP contribution < -0.4 is 10.5 Å². The highest BCUT2D eigenvalue weighted by molar-refractivity contribution is 5.96. The number of ketones is 1. The van der Waals surface area contributed by atoms with Crippen LogP contribution in [0.2, 0.25) is 0 Å². The number of hydrogen-bond donors (Lipinski definition) is 1. The summed E-state index contributed by atoms with van der Waals surface area (Å²) in [5, 5.41) is 0. The molecule has 2 atom stereocenters. The minimum Gasteiger partial charge on any atom is -0.491 e. The van der Waals surface area contributed by atoms with Gasteiger partial charge in [-0.3, -0.25) is 9.69 Å². The number of carbonyl (C=O) groups is 1. The lowest BCUT2D eigenvalue weighted by Gasteiger charge is -2.17. The Kier molecular flexibility index (Phi) is 7.00. The van der Waals surface area contributed by atoms with E-state index in [-0.39, 0.29) is 24.2 Å². The molecule has 5 heteroatoms. The van der Waals surface area contributed by atoms with E-state index >= 15 is 0 Å². The van der Waals surface area contributed by atoms with E-state index in [2.05, 4.69) is 29.2 Å².